The number of benzene rings is 1. The van der Waals surface area contributed by atoms with Gasteiger partial charge < -0.3 is 11.1 Å². The minimum Gasteiger partial charge on any atom is -0.326 e. The van der Waals surface area contributed by atoms with Gasteiger partial charge in [0.25, 0.3) is 0 Å². The Balaban J connectivity index is 2.07. The van der Waals surface area contributed by atoms with Crippen LogP contribution in [0.2, 0.25) is 0 Å². The monoisotopic (exact) mass is 293 g/mol. The number of amides is 1. The molecule has 2 aromatic rings. The first kappa shape index (κ1) is 14.5. The standard InChI is InChI=1S/C18H19N3O/c19-15-7-2-1-3-9-18(22)21-16-8-5-4-6-14(16)13-10-11-20-17(15)12-13/h1-2,4-6,8,10-12,15H,3,7,9,19H2,(H,21,22)/b2-1+/t15-/m0/s1. The molecule has 3 rings (SSSR count). The molecule has 2 bridgehead atoms. The summed E-state index contributed by atoms with van der Waals surface area (Å²) in [7, 11) is 0. The third-order valence-corrected chi connectivity index (χ3v) is 3.77. The molecule has 1 atom stereocenters. The number of hydrogen-bond acceptors (Lipinski definition) is 3. The summed E-state index contributed by atoms with van der Waals surface area (Å²) in [5.41, 5.74) is 9.89. The van der Waals surface area contributed by atoms with Gasteiger partial charge in [-0.3, -0.25) is 9.78 Å². The van der Waals surface area contributed by atoms with Crippen molar-refractivity contribution in [3.63, 3.8) is 0 Å². The van der Waals surface area contributed by atoms with Gasteiger partial charge in [-0.1, -0.05) is 30.4 Å². The highest BCUT2D eigenvalue weighted by Gasteiger charge is 2.12. The van der Waals surface area contributed by atoms with Crippen LogP contribution in [0.3, 0.4) is 0 Å². The number of anilines is 1. The lowest BCUT2D eigenvalue weighted by atomic mass is 10.0. The molecule has 2 heterocycles. The number of allylic oxidation sites excluding steroid dienone is 1. The summed E-state index contributed by atoms with van der Waals surface area (Å²) in [6.45, 7) is 0. The Morgan fingerprint density at radius 1 is 1.18 bits per heavy atom. The van der Waals surface area contributed by atoms with E-state index in [1.165, 1.54) is 0 Å². The number of nitrogens with zero attached hydrogens (tertiary/aromatic N) is 1. The lowest BCUT2D eigenvalue weighted by Gasteiger charge is -2.13. The van der Waals surface area contributed by atoms with Crippen molar-refractivity contribution in [1.82, 2.24) is 4.98 Å². The summed E-state index contributed by atoms with van der Waals surface area (Å²) in [6.07, 6.45) is 7.71. The van der Waals surface area contributed by atoms with Crippen molar-refractivity contribution in [3.05, 3.63) is 60.4 Å². The average molecular weight is 293 g/mol. The van der Waals surface area contributed by atoms with E-state index in [0.717, 1.165) is 28.9 Å². The van der Waals surface area contributed by atoms with E-state index in [0.29, 0.717) is 12.8 Å². The Hall–Kier alpha value is -2.46. The van der Waals surface area contributed by atoms with E-state index in [4.69, 9.17) is 5.73 Å². The number of rotatable bonds is 0. The van der Waals surface area contributed by atoms with E-state index in [1.807, 2.05) is 48.6 Å². The van der Waals surface area contributed by atoms with Crippen LogP contribution in [0.4, 0.5) is 5.69 Å². The zero-order chi connectivity index (χ0) is 15.4. The van der Waals surface area contributed by atoms with E-state index in [1.54, 1.807) is 6.20 Å². The van der Waals surface area contributed by atoms with E-state index < -0.39 is 0 Å². The molecule has 3 N–H and O–H groups in total. The summed E-state index contributed by atoms with van der Waals surface area (Å²) in [5.74, 6) is 0.0231. The smallest absolute Gasteiger partial charge is 0.224 e. The third kappa shape index (κ3) is 3.23. The summed E-state index contributed by atoms with van der Waals surface area (Å²) in [6, 6.07) is 11.6. The molecule has 0 saturated heterocycles. The van der Waals surface area contributed by atoms with Crippen LogP contribution in [0, 0.1) is 0 Å². The van der Waals surface area contributed by atoms with Crippen LogP contribution in [0.1, 0.15) is 31.0 Å². The fourth-order valence-corrected chi connectivity index (χ4v) is 2.57. The molecule has 4 heteroatoms. The number of nitrogens with one attached hydrogen (secondary N) is 1. The first-order chi connectivity index (χ1) is 10.7. The number of hydrogen-bond donors (Lipinski definition) is 2. The maximum Gasteiger partial charge on any atom is 0.224 e. The van der Waals surface area contributed by atoms with Crippen LogP contribution in [-0.4, -0.2) is 10.9 Å². The van der Waals surface area contributed by atoms with Gasteiger partial charge in [0.2, 0.25) is 5.91 Å². The summed E-state index contributed by atoms with van der Waals surface area (Å²) in [5, 5.41) is 2.99. The topological polar surface area (TPSA) is 68.0 Å². The largest absolute Gasteiger partial charge is 0.326 e. The van der Waals surface area contributed by atoms with Crippen molar-refractivity contribution < 1.29 is 4.79 Å². The quantitative estimate of drug-likeness (QED) is 0.731. The highest BCUT2D eigenvalue weighted by Crippen LogP contribution is 2.29. The van der Waals surface area contributed by atoms with Gasteiger partial charge in [0.15, 0.2) is 0 Å². The minimum atomic E-state index is -0.132. The number of nitrogens with two attached hydrogens (primary N) is 1. The van der Waals surface area contributed by atoms with Crippen LogP contribution in [0.15, 0.2) is 54.7 Å². The fraction of sp³-hybridized carbons (Fsp3) is 0.222. The fourth-order valence-electron chi connectivity index (χ4n) is 2.57. The first-order valence-corrected chi connectivity index (χ1v) is 7.50. The van der Waals surface area contributed by atoms with Gasteiger partial charge in [-0.2, -0.15) is 0 Å². The maximum absolute atomic E-state index is 12.1. The van der Waals surface area contributed by atoms with Crippen molar-refractivity contribution in [3.8, 4) is 11.1 Å². The zero-order valence-corrected chi connectivity index (χ0v) is 12.3. The van der Waals surface area contributed by atoms with Crippen molar-refractivity contribution in [2.75, 3.05) is 5.32 Å². The molecule has 1 amide bonds. The molecular weight excluding hydrogens is 274 g/mol. The molecule has 0 fully saturated rings. The predicted molar refractivity (Wildman–Crippen MR) is 88.2 cm³/mol. The molecule has 0 radical (unpaired) electrons. The third-order valence-electron chi connectivity index (χ3n) is 3.77. The number of carbonyl (C=O) groups excluding carboxylic acids is 1. The lowest BCUT2D eigenvalue weighted by Crippen LogP contribution is -2.11. The summed E-state index contributed by atoms with van der Waals surface area (Å²) < 4.78 is 0. The Bertz CT molecular complexity index is 709. The molecule has 1 aromatic carbocycles. The normalized spacial score (nSPS) is 19.9. The molecule has 112 valence electrons. The van der Waals surface area contributed by atoms with Crippen molar-refractivity contribution in [1.29, 1.82) is 0 Å². The lowest BCUT2D eigenvalue weighted by molar-refractivity contribution is -0.116. The Morgan fingerprint density at radius 3 is 2.95 bits per heavy atom. The molecule has 0 aliphatic carbocycles. The van der Waals surface area contributed by atoms with Crippen LogP contribution in [-0.2, 0) is 4.79 Å². The van der Waals surface area contributed by atoms with Gasteiger partial charge in [0.1, 0.15) is 0 Å². The maximum atomic E-state index is 12.1. The second-order valence-corrected chi connectivity index (χ2v) is 5.42. The predicted octanol–water partition coefficient (Wildman–Crippen LogP) is 3.43. The Kier molecular flexibility index (Phi) is 4.30. The number of pyridine rings is 1. The highest BCUT2D eigenvalue weighted by molar-refractivity contribution is 5.95. The number of carbonyl (C=O) groups is 1. The summed E-state index contributed by atoms with van der Waals surface area (Å²) in [4.78, 5) is 16.4. The van der Waals surface area contributed by atoms with E-state index in [2.05, 4.69) is 10.3 Å². The zero-order valence-electron chi connectivity index (χ0n) is 12.3. The molecule has 0 unspecified atom stereocenters. The van der Waals surface area contributed by atoms with Gasteiger partial charge in [0, 0.05) is 23.9 Å². The molecule has 22 heavy (non-hydrogen) atoms. The molecule has 4 nitrogen and oxygen atoms in total. The summed E-state index contributed by atoms with van der Waals surface area (Å²) >= 11 is 0. The van der Waals surface area contributed by atoms with Crippen molar-refractivity contribution in [2.45, 2.75) is 25.3 Å². The van der Waals surface area contributed by atoms with Gasteiger partial charge in [0.05, 0.1) is 11.7 Å². The molecular formula is C18H19N3O. The molecule has 0 spiro atoms. The van der Waals surface area contributed by atoms with Crippen molar-refractivity contribution in [2.24, 2.45) is 5.73 Å². The molecule has 1 aliphatic heterocycles. The number of aromatic nitrogens is 1. The van der Waals surface area contributed by atoms with Gasteiger partial charge in [-0.15, -0.1) is 0 Å². The van der Waals surface area contributed by atoms with Crippen LogP contribution < -0.4 is 11.1 Å². The minimum absolute atomic E-state index is 0.0231. The van der Waals surface area contributed by atoms with Crippen LogP contribution in [0.25, 0.3) is 11.1 Å². The van der Waals surface area contributed by atoms with E-state index in [-0.39, 0.29) is 11.9 Å². The second kappa shape index (κ2) is 6.54. The van der Waals surface area contributed by atoms with Gasteiger partial charge >= 0.3 is 0 Å². The van der Waals surface area contributed by atoms with Crippen LogP contribution >= 0.6 is 0 Å². The number of fused-ring (bicyclic) bond motifs is 4. The van der Waals surface area contributed by atoms with Gasteiger partial charge in [-0.25, -0.2) is 0 Å². The highest BCUT2D eigenvalue weighted by atomic mass is 16.1. The molecule has 1 aromatic heterocycles. The van der Waals surface area contributed by atoms with E-state index >= 15 is 0 Å². The number of para-hydroxylation sites is 1. The van der Waals surface area contributed by atoms with Gasteiger partial charge in [-0.05, 0) is 36.6 Å². The Labute approximate surface area is 130 Å². The molecule has 1 aliphatic rings. The van der Waals surface area contributed by atoms with Crippen LogP contribution in [0.5, 0.6) is 0 Å². The first-order valence-electron chi connectivity index (χ1n) is 7.50. The second-order valence-electron chi connectivity index (χ2n) is 5.42. The van der Waals surface area contributed by atoms with E-state index in [9.17, 15) is 4.79 Å². The Morgan fingerprint density at radius 2 is 2.05 bits per heavy atom. The SMILES string of the molecule is N[C@H]1C/C=C/CCC(=O)Nc2ccccc2-c2ccnc1c2. The van der Waals surface area contributed by atoms with Crippen molar-refractivity contribution >= 4 is 11.6 Å². The average Bonchev–Trinajstić information content (AvgIpc) is 2.55. The molecule has 0 saturated carbocycles.